The third kappa shape index (κ3) is 3.24. The maximum Gasteiger partial charge on any atom is 0.274 e. The number of carbonyl (C=O) groups excluding carboxylic acids is 1. The Balaban J connectivity index is 1.70. The van der Waals surface area contributed by atoms with Crippen LogP contribution in [0.5, 0.6) is 0 Å². The Labute approximate surface area is 164 Å². The molecule has 1 fully saturated rings. The van der Waals surface area contributed by atoms with Gasteiger partial charge >= 0.3 is 0 Å². The molecule has 146 valence electrons. The zero-order valence-corrected chi connectivity index (χ0v) is 15.6. The van der Waals surface area contributed by atoms with E-state index in [4.69, 9.17) is 10.5 Å². The van der Waals surface area contributed by atoms with Crippen molar-refractivity contribution < 1.29 is 18.3 Å². The van der Waals surface area contributed by atoms with Crippen LogP contribution >= 0.6 is 11.8 Å². The number of nitrogens with zero attached hydrogens (tertiary/aromatic N) is 2. The summed E-state index contributed by atoms with van der Waals surface area (Å²) in [5.41, 5.74) is 5.65. The summed E-state index contributed by atoms with van der Waals surface area (Å²) in [5.74, 6) is -0.800. The zero-order chi connectivity index (χ0) is 19.7. The molecule has 0 aliphatic carbocycles. The van der Waals surface area contributed by atoms with Gasteiger partial charge in [-0.3, -0.25) is 9.78 Å². The van der Waals surface area contributed by atoms with Crippen LogP contribution in [0.4, 0.5) is 14.5 Å². The van der Waals surface area contributed by atoms with Crippen molar-refractivity contribution in [2.75, 3.05) is 24.4 Å². The van der Waals surface area contributed by atoms with Crippen LogP contribution in [0.2, 0.25) is 0 Å². The predicted octanol–water partition coefficient (Wildman–Crippen LogP) is 2.71. The van der Waals surface area contributed by atoms with E-state index in [0.29, 0.717) is 16.6 Å². The van der Waals surface area contributed by atoms with E-state index in [-0.39, 0.29) is 23.8 Å². The Morgan fingerprint density at radius 1 is 1.39 bits per heavy atom. The second-order valence-corrected chi connectivity index (χ2v) is 7.70. The van der Waals surface area contributed by atoms with Crippen LogP contribution in [0, 0.1) is 11.7 Å². The van der Waals surface area contributed by atoms with Gasteiger partial charge in [-0.2, -0.15) is 0 Å². The third-order valence-electron chi connectivity index (χ3n) is 5.04. The molecular formula is C19H18F2N4O2S. The first-order valence-corrected chi connectivity index (χ1v) is 9.70. The van der Waals surface area contributed by atoms with Gasteiger partial charge in [0.2, 0.25) is 0 Å². The number of alkyl halides is 1. The molecule has 3 N–H and O–H groups in total. The smallest absolute Gasteiger partial charge is 0.274 e. The molecule has 0 saturated carbocycles. The fraction of sp³-hybridized carbons (Fsp3) is 0.316. The van der Waals surface area contributed by atoms with Crippen molar-refractivity contribution in [1.29, 1.82) is 0 Å². The Hall–Kier alpha value is -2.52. The van der Waals surface area contributed by atoms with Gasteiger partial charge in [0.25, 0.3) is 5.91 Å². The van der Waals surface area contributed by atoms with Gasteiger partial charge in [-0.05, 0) is 30.3 Å². The van der Waals surface area contributed by atoms with Crippen molar-refractivity contribution in [1.82, 2.24) is 4.98 Å². The SMILES string of the molecule is NC1=N[C@@]2(c3cc(NC(=O)c4ccccn4)ccc3F)COC(CF)[C@H]2CS1. The number of amides is 1. The first kappa shape index (κ1) is 18.8. The highest BCUT2D eigenvalue weighted by molar-refractivity contribution is 8.13. The van der Waals surface area contributed by atoms with Gasteiger partial charge in [0, 0.05) is 29.1 Å². The third-order valence-corrected chi connectivity index (χ3v) is 5.95. The second kappa shape index (κ2) is 7.48. The topological polar surface area (TPSA) is 89.6 Å². The number of amidine groups is 1. The maximum atomic E-state index is 14.8. The van der Waals surface area contributed by atoms with Crippen molar-refractivity contribution >= 4 is 28.5 Å². The van der Waals surface area contributed by atoms with E-state index in [0.717, 1.165) is 0 Å². The number of rotatable bonds is 4. The summed E-state index contributed by atoms with van der Waals surface area (Å²) >= 11 is 1.31. The number of hydrogen-bond acceptors (Lipinski definition) is 6. The van der Waals surface area contributed by atoms with Crippen LogP contribution in [0.1, 0.15) is 16.1 Å². The number of pyridine rings is 1. The fourth-order valence-corrected chi connectivity index (χ4v) is 4.71. The minimum absolute atomic E-state index is 0.0298. The number of aromatic nitrogens is 1. The molecule has 1 unspecified atom stereocenters. The highest BCUT2D eigenvalue weighted by atomic mass is 32.2. The van der Waals surface area contributed by atoms with Gasteiger partial charge < -0.3 is 15.8 Å². The average Bonchev–Trinajstić information content (AvgIpc) is 3.08. The number of carbonyl (C=O) groups is 1. The van der Waals surface area contributed by atoms with Crippen molar-refractivity contribution in [2.45, 2.75) is 11.6 Å². The lowest BCUT2D eigenvalue weighted by Gasteiger charge is -2.35. The summed E-state index contributed by atoms with van der Waals surface area (Å²) in [6, 6.07) is 9.21. The summed E-state index contributed by atoms with van der Waals surface area (Å²) in [7, 11) is 0. The van der Waals surface area contributed by atoms with E-state index < -0.39 is 30.0 Å². The Bertz CT molecular complexity index is 927. The number of benzene rings is 1. The van der Waals surface area contributed by atoms with Gasteiger partial charge in [-0.15, -0.1) is 0 Å². The van der Waals surface area contributed by atoms with E-state index in [2.05, 4.69) is 15.3 Å². The van der Waals surface area contributed by atoms with Crippen LogP contribution in [0.15, 0.2) is 47.6 Å². The fourth-order valence-electron chi connectivity index (χ4n) is 3.65. The van der Waals surface area contributed by atoms with Crippen molar-refractivity contribution in [2.24, 2.45) is 16.6 Å². The lowest BCUT2D eigenvalue weighted by Crippen LogP contribution is -2.42. The van der Waals surface area contributed by atoms with E-state index in [1.54, 1.807) is 18.2 Å². The van der Waals surface area contributed by atoms with Gasteiger partial charge in [-0.1, -0.05) is 17.8 Å². The molecule has 4 rings (SSSR count). The van der Waals surface area contributed by atoms with E-state index >= 15 is 0 Å². The van der Waals surface area contributed by atoms with E-state index in [9.17, 15) is 13.6 Å². The lowest BCUT2D eigenvalue weighted by molar-refractivity contribution is 0.0721. The standard InChI is InChI=1S/C19H18F2N4O2S/c20-8-16-13-9-28-18(22)25-19(13,10-27-16)12-7-11(4-5-14(12)21)24-17(26)15-3-1-2-6-23-15/h1-7,13,16H,8-10H2,(H2,22,25)(H,24,26)/t13-,16?,19-/m1/s1. The average molecular weight is 404 g/mol. The van der Waals surface area contributed by atoms with E-state index in [1.807, 2.05) is 0 Å². The molecule has 2 aliphatic heterocycles. The number of thioether (sulfide) groups is 1. The van der Waals surface area contributed by atoms with Crippen LogP contribution in [0.3, 0.4) is 0 Å². The molecule has 2 aromatic rings. The quantitative estimate of drug-likeness (QED) is 0.818. The first-order chi connectivity index (χ1) is 13.5. The zero-order valence-electron chi connectivity index (χ0n) is 14.8. The number of aliphatic imine (C=N–C) groups is 1. The minimum Gasteiger partial charge on any atom is -0.379 e. The van der Waals surface area contributed by atoms with Crippen molar-refractivity contribution in [3.63, 3.8) is 0 Å². The van der Waals surface area contributed by atoms with Crippen LogP contribution in [0.25, 0.3) is 0 Å². The minimum atomic E-state index is -1.11. The molecule has 0 bridgehead atoms. The number of ether oxygens (including phenoxy) is 1. The van der Waals surface area contributed by atoms with Crippen LogP contribution < -0.4 is 11.1 Å². The number of anilines is 1. The van der Waals surface area contributed by atoms with Crippen LogP contribution in [-0.4, -0.2) is 41.2 Å². The summed E-state index contributed by atoms with van der Waals surface area (Å²) in [6.45, 7) is -0.651. The molecule has 0 spiro atoms. The Kier molecular flexibility index (Phi) is 5.03. The highest BCUT2D eigenvalue weighted by Gasteiger charge is 2.54. The number of nitrogens with one attached hydrogen (secondary N) is 1. The van der Waals surface area contributed by atoms with Gasteiger partial charge in [0.1, 0.15) is 23.7 Å². The first-order valence-electron chi connectivity index (χ1n) is 8.71. The largest absolute Gasteiger partial charge is 0.379 e. The summed E-state index contributed by atoms with van der Waals surface area (Å²) < 4.78 is 33.8. The molecule has 1 amide bonds. The summed E-state index contributed by atoms with van der Waals surface area (Å²) in [5, 5.41) is 3.02. The summed E-state index contributed by atoms with van der Waals surface area (Å²) in [4.78, 5) is 20.9. The molecule has 3 heterocycles. The molecule has 1 saturated heterocycles. The molecule has 0 radical (unpaired) electrons. The Morgan fingerprint density at radius 3 is 3.00 bits per heavy atom. The van der Waals surface area contributed by atoms with Crippen molar-refractivity contribution in [3.8, 4) is 0 Å². The van der Waals surface area contributed by atoms with Gasteiger partial charge in [0.05, 0.1) is 12.7 Å². The molecule has 1 aromatic heterocycles. The number of nitrogens with two attached hydrogens (primary N) is 1. The number of halogens is 2. The molecule has 2 aliphatic rings. The molecule has 6 nitrogen and oxygen atoms in total. The normalized spacial score (nSPS) is 26.4. The van der Waals surface area contributed by atoms with E-state index in [1.165, 1.54) is 36.2 Å². The predicted molar refractivity (Wildman–Crippen MR) is 104 cm³/mol. The maximum absolute atomic E-state index is 14.8. The van der Waals surface area contributed by atoms with Crippen molar-refractivity contribution in [3.05, 3.63) is 59.7 Å². The molecule has 9 heteroatoms. The van der Waals surface area contributed by atoms with Gasteiger partial charge in [0.15, 0.2) is 5.17 Å². The molecule has 28 heavy (non-hydrogen) atoms. The molecule has 1 aromatic carbocycles. The number of hydrogen-bond donors (Lipinski definition) is 2. The highest BCUT2D eigenvalue weighted by Crippen LogP contribution is 2.48. The lowest BCUT2D eigenvalue weighted by atomic mass is 9.79. The Morgan fingerprint density at radius 2 is 2.25 bits per heavy atom. The second-order valence-electron chi connectivity index (χ2n) is 6.66. The van der Waals surface area contributed by atoms with Crippen LogP contribution in [-0.2, 0) is 10.3 Å². The summed E-state index contributed by atoms with van der Waals surface area (Å²) in [6.07, 6.45) is 0.842. The number of fused-ring (bicyclic) bond motifs is 1. The monoisotopic (exact) mass is 404 g/mol. The molecule has 3 atom stereocenters. The van der Waals surface area contributed by atoms with Gasteiger partial charge in [-0.25, -0.2) is 13.8 Å². The molecular weight excluding hydrogens is 386 g/mol.